The fraction of sp³-hybridized carbons (Fsp3) is 1.00. The number of ether oxygens (including phenoxy) is 2. The minimum absolute atomic E-state index is 0.0455. The molecular weight excluding hydrogens is 132 g/mol. The van der Waals surface area contributed by atoms with Crippen molar-refractivity contribution in [2.45, 2.75) is 32.8 Å². The first kappa shape index (κ1) is 7.98. The van der Waals surface area contributed by atoms with E-state index in [1.165, 1.54) is 0 Å². The van der Waals surface area contributed by atoms with Gasteiger partial charge in [0.1, 0.15) is 0 Å². The molecule has 0 radical (unpaired) electrons. The standard InChI is InChI=1S/C7H14O3/c1-5(4-8)3-7-9-6(2)10-7/h5-8H,3-4H2,1-2H3. The molecule has 3 heteroatoms. The minimum atomic E-state index is -0.0721. The lowest BCUT2D eigenvalue weighted by atomic mass is 10.1. The molecule has 1 aliphatic heterocycles. The molecule has 1 heterocycles. The van der Waals surface area contributed by atoms with Crippen LogP contribution in [0.5, 0.6) is 0 Å². The first-order valence-electron chi connectivity index (χ1n) is 3.64. The van der Waals surface area contributed by atoms with Crippen LogP contribution in [0.1, 0.15) is 20.3 Å². The molecule has 1 rings (SSSR count). The van der Waals surface area contributed by atoms with Gasteiger partial charge in [0.15, 0.2) is 12.6 Å². The summed E-state index contributed by atoms with van der Waals surface area (Å²) in [5.74, 6) is 0.275. The molecule has 0 saturated carbocycles. The molecule has 1 unspecified atom stereocenters. The van der Waals surface area contributed by atoms with Crippen LogP contribution in [0, 0.1) is 5.92 Å². The summed E-state index contributed by atoms with van der Waals surface area (Å²) in [5.41, 5.74) is 0. The Morgan fingerprint density at radius 1 is 1.50 bits per heavy atom. The van der Waals surface area contributed by atoms with E-state index in [0.29, 0.717) is 0 Å². The van der Waals surface area contributed by atoms with Crippen LogP contribution in [0.15, 0.2) is 0 Å². The van der Waals surface area contributed by atoms with Crippen molar-refractivity contribution in [3.63, 3.8) is 0 Å². The lowest BCUT2D eigenvalue weighted by Gasteiger charge is -2.34. The van der Waals surface area contributed by atoms with Crippen LogP contribution in [0.4, 0.5) is 0 Å². The lowest BCUT2D eigenvalue weighted by molar-refractivity contribution is -0.379. The van der Waals surface area contributed by atoms with Gasteiger partial charge in [-0.1, -0.05) is 6.92 Å². The van der Waals surface area contributed by atoms with Crippen LogP contribution in [0.25, 0.3) is 0 Å². The van der Waals surface area contributed by atoms with Crippen LogP contribution in [-0.4, -0.2) is 24.3 Å². The van der Waals surface area contributed by atoms with E-state index in [1.807, 2.05) is 13.8 Å². The molecular formula is C7H14O3. The maximum absolute atomic E-state index is 8.66. The Hall–Kier alpha value is -0.120. The van der Waals surface area contributed by atoms with Crippen molar-refractivity contribution in [1.29, 1.82) is 0 Å². The maximum Gasteiger partial charge on any atom is 0.164 e. The zero-order valence-corrected chi connectivity index (χ0v) is 6.41. The molecule has 60 valence electrons. The summed E-state index contributed by atoms with van der Waals surface area (Å²) < 4.78 is 10.4. The van der Waals surface area contributed by atoms with Crippen LogP contribution < -0.4 is 0 Å². The average molecular weight is 146 g/mol. The van der Waals surface area contributed by atoms with Gasteiger partial charge in [-0.05, 0) is 12.8 Å². The third kappa shape index (κ3) is 1.94. The molecule has 1 N–H and O–H groups in total. The summed E-state index contributed by atoms with van der Waals surface area (Å²) in [5, 5.41) is 8.66. The van der Waals surface area contributed by atoms with Crippen LogP contribution in [0.2, 0.25) is 0 Å². The SMILES string of the molecule is CC(CO)CC1OC(C)O1. The quantitative estimate of drug-likeness (QED) is 0.637. The summed E-state index contributed by atoms with van der Waals surface area (Å²) in [6, 6.07) is 0. The molecule has 3 nitrogen and oxygen atoms in total. The number of aliphatic hydroxyl groups is 1. The molecule has 1 aliphatic rings. The van der Waals surface area contributed by atoms with Gasteiger partial charge in [0.25, 0.3) is 0 Å². The van der Waals surface area contributed by atoms with E-state index in [-0.39, 0.29) is 25.1 Å². The first-order valence-corrected chi connectivity index (χ1v) is 3.64. The van der Waals surface area contributed by atoms with E-state index in [9.17, 15) is 0 Å². The summed E-state index contributed by atoms with van der Waals surface area (Å²) in [4.78, 5) is 0. The van der Waals surface area contributed by atoms with Gasteiger partial charge in [-0.2, -0.15) is 0 Å². The molecule has 0 amide bonds. The van der Waals surface area contributed by atoms with Gasteiger partial charge in [-0.3, -0.25) is 0 Å². The number of rotatable bonds is 3. The second kappa shape index (κ2) is 3.32. The summed E-state index contributed by atoms with van der Waals surface area (Å²) in [6.45, 7) is 4.04. The Bertz CT molecular complexity index is 99.0. The highest BCUT2D eigenvalue weighted by Crippen LogP contribution is 2.21. The Labute approximate surface area is 60.9 Å². The largest absolute Gasteiger partial charge is 0.396 e. The van der Waals surface area contributed by atoms with Crippen molar-refractivity contribution in [2.75, 3.05) is 6.61 Å². The van der Waals surface area contributed by atoms with Gasteiger partial charge in [-0.15, -0.1) is 0 Å². The van der Waals surface area contributed by atoms with E-state index < -0.39 is 0 Å². The molecule has 0 bridgehead atoms. The molecule has 0 aromatic carbocycles. The number of aliphatic hydroxyl groups excluding tert-OH is 1. The van der Waals surface area contributed by atoms with E-state index in [1.54, 1.807) is 0 Å². The van der Waals surface area contributed by atoms with Crippen molar-refractivity contribution in [2.24, 2.45) is 5.92 Å². The third-order valence-corrected chi connectivity index (χ3v) is 1.59. The van der Waals surface area contributed by atoms with Crippen LogP contribution in [0.3, 0.4) is 0 Å². The molecule has 1 atom stereocenters. The molecule has 0 aromatic heterocycles. The maximum atomic E-state index is 8.66. The number of hydrogen-bond acceptors (Lipinski definition) is 3. The topological polar surface area (TPSA) is 38.7 Å². The highest BCUT2D eigenvalue weighted by Gasteiger charge is 2.27. The Morgan fingerprint density at radius 2 is 2.10 bits per heavy atom. The summed E-state index contributed by atoms with van der Waals surface area (Å²) in [7, 11) is 0. The van der Waals surface area contributed by atoms with Gasteiger partial charge < -0.3 is 14.6 Å². The van der Waals surface area contributed by atoms with E-state index >= 15 is 0 Å². The summed E-state index contributed by atoms with van der Waals surface area (Å²) in [6.07, 6.45) is 0.675. The fourth-order valence-corrected chi connectivity index (χ4v) is 0.952. The van der Waals surface area contributed by atoms with Crippen LogP contribution in [-0.2, 0) is 9.47 Å². The van der Waals surface area contributed by atoms with Gasteiger partial charge >= 0.3 is 0 Å². The van der Waals surface area contributed by atoms with Gasteiger partial charge in [-0.25, -0.2) is 0 Å². The normalized spacial score (nSPS) is 35.1. The lowest BCUT2D eigenvalue weighted by Crippen LogP contribution is -2.39. The average Bonchev–Trinajstić information content (AvgIpc) is 1.84. The zero-order chi connectivity index (χ0) is 7.56. The predicted octanol–water partition coefficient (Wildman–Crippen LogP) is 0.724. The van der Waals surface area contributed by atoms with Crippen molar-refractivity contribution >= 4 is 0 Å². The fourth-order valence-electron chi connectivity index (χ4n) is 0.952. The molecule has 0 spiro atoms. The van der Waals surface area contributed by atoms with E-state index in [4.69, 9.17) is 14.6 Å². The highest BCUT2D eigenvalue weighted by atomic mass is 16.9. The smallest absolute Gasteiger partial charge is 0.164 e. The Balaban J connectivity index is 2.04. The number of hydrogen-bond donors (Lipinski definition) is 1. The van der Waals surface area contributed by atoms with Crippen molar-refractivity contribution in [3.8, 4) is 0 Å². The third-order valence-electron chi connectivity index (χ3n) is 1.59. The minimum Gasteiger partial charge on any atom is -0.396 e. The van der Waals surface area contributed by atoms with Gasteiger partial charge in [0, 0.05) is 13.0 Å². The van der Waals surface area contributed by atoms with Gasteiger partial charge in [0.05, 0.1) is 0 Å². The van der Waals surface area contributed by atoms with Crippen molar-refractivity contribution in [3.05, 3.63) is 0 Å². The first-order chi connectivity index (χ1) is 4.72. The molecule has 0 aliphatic carbocycles. The molecule has 0 aromatic rings. The second-order valence-electron chi connectivity index (χ2n) is 2.79. The van der Waals surface area contributed by atoms with Gasteiger partial charge in [0.2, 0.25) is 0 Å². The van der Waals surface area contributed by atoms with E-state index in [0.717, 1.165) is 6.42 Å². The highest BCUT2D eigenvalue weighted by molar-refractivity contribution is 4.60. The monoisotopic (exact) mass is 146 g/mol. The second-order valence-corrected chi connectivity index (χ2v) is 2.79. The molecule has 1 fully saturated rings. The van der Waals surface area contributed by atoms with E-state index in [2.05, 4.69) is 0 Å². The van der Waals surface area contributed by atoms with Crippen LogP contribution >= 0.6 is 0 Å². The van der Waals surface area contributed by atoms with Crippen molar-refractivity contribution < 1.29 is 14.6 Å². The predicted molar refractivity (Wildman–Crippen MR) is 36.3 cm³/mol. The Morgan fingerprint density at radius 3 is 2.50 bits per heavy atom. The molecule has 1 saturated heterocycles. The molecule has 10 heavy (non-hydrogen) atoms. The Kier molecular flexibility index (Phi) is 2.65. The van der Waals surface area contributed by atoms with Crippen molar-refractivity contribution in [1.82, 2.24) is 0 Å². The zero-order valence-electron chi connectivity index (χ0n) is 6.41. The summed E-state index contributed by atoms with van der Waals surface area (Å²) >= 11 is 0.